The molecule has 28 heavy (non-hydrogen) atoms. The maximum Gasteiger partial charge on any atom is 0.306 e. The zero-order valence-electron chi connectivity index (χ0n) is 15.4. The van der Waals surface area contributed by atoms with Gasteiger partial charge >= 0.3 is 5.97 Å². The number of rotatable bonds is 10. The van der Waals surface area contributed by atoms with E-state index in [4.69, 9.17) is 33.7 Å². The quantitative estimate of drug-likeness (QED) is 0.337. The van der Waals surface area contributed by atoms with Crippen LogP contribution in [0.15, 0.2) is 23.0 Å². The van der Waals surface area contributed by atoms with Gasteiger partial charge in [0.25, 0.3) is 5.56 Å². The summed E-state index contributed by atoms with van der Waals surface area (Å²) in [7, 11) is 0. The van der Waals surface area contributed by atoms with Gasteiger partial charge in [0.15, 0.2) is 0 Å². The molecule has 1 atom stereocenters. The number of aromatic amines is 1. The molecule has 0 saturated heterocycles. The fourth-order valence-corrected chi connectivity index (χ4v) is 2.99. The Morgan fingerprint density at radius 2 is 2.11 bits per heavy atom. The number of carboxylic acids is 1. The zero-order chi connectivity index (χ0) is 20.7. The van der Waals surface area contributed by atoms with E-state index in [-0.39, 0.29) is 11.5 Å². The molecular weight excluding hydrogens is 403 g/mol. The van der Waals surface area contributed by atoms with Gasteiger partial charge in [-0.15, -0.1) is 0 Å². The molecule has 0 radical (unpaired) electrons. The summed E-state index contributed by atoms with van der Waals surface area (Å²) in [5.74, 6) is -0.971. The van der Waals surface area contributed by atoms with Gasteiger partial charge in [-0.05, 0) is 37.0 Å². The minimum atomic E-state index is -0.822. The van der Waals surface area contributed by atoms with Gasteiger partial charge in [-0.1, -0.05) is 42.6 Å². The smallest absolute Gasteiger partial charge is 0.306 e. The summed E-state index contributed by atoms with van der Waals surface area (Å²) in [6.07, 6.45) is 3.37. The number of anilines is 1. The zero-order valence-corrected chi connectivity index (χ0v) is 16.9. The van der Waals surface area contributed by atoms with Crippen LogP contribution in [0.4, 0.5) is 5.95 Å². The molecule has 0 bridgehead atoms. The summed E-state index contributed by atoms with van der Waals surface area (Å²) in [6.45, 7) is 2.04. The van der Waals surface area contributed by atoms with Crippen LogP contribution in [-0.4, -0.2) is 27.3 Å². The van der Waals surface area contributed by atoms with Gasteiger partial charge in [-0.25, -0.2) is 4.98 Å². The van der Waals surface area contributed by atoms with E-state index in [2.05, 4.69) is 15.3 Å². The van der Waals surface area contributed by atoms with Crippen molar-refractivity contribution in [2.24, 2.45) is 5.92 Å². The van der Waals surface area contributed by atoms with Gasteiger partial charge in [0.05, 0.1) is 21.7 Å². The first-order chi connectivity index (χ1) is 13.3. The number of nitrogens with one attached hydrogen (secondary N) is 3. The molecule has 0 aliphatic carbocycles. The predicted molar refractivity (Wildman–Crippen MR) is 111 cm³/mol. The van der Waals surface area contributed by atoms with Crippen molar-refractivity contribution < 1.29 is 9.90 Å². The first-order valence-electron chi connectivity index (χ1n) is 8.86. The topological polar surface area (TPSA) is 119 Å². The van der Waals surface area contributed by atoms with Gasteiger partial charge in [-0.2, -0.15) is 0 Å². The molecule has 0 amide bonds. The van der Waals surface area contributed by atoms with Gasteiger partial charge in [0.2, 0.25) is 5.95 Å². The molecule has 0 fully saturated rings. The number of carboxylic acid groups (broad SMARTS) is 1. The van der Waals surface area contributed by atoms with E-state index in [9.17, 15) is 9.59 Å². The average molecular weight is 425 g/mol. The molecule has 0 saturated carbocycles. The number of hydrogen-bond acceptors (Lipinski definition) is 5. The number of unbranched alkanes of at least 4 members (excludes halogenated alkanes) is 1. The van der Waals surface area contributed by atoms with Crippen molar-refractivity contribution in [3.63, 3.8) is 0 Å². The van der Waals surface area contributed by atoms with Crippen LogP contribution in [0.1, 0.15) is 43.0 Å². The molecule has 2 aromatic rings. The first-order valence-corrected chi connectivity index (χ1v) is 9.61. The molecule has 9 heteroatoms. The van der Waals surface area contributed by atoms with Crippen LogP contribution in [0.25, 0.3) is 0 Å². The fraction of sp³-hybridized carbons (Fsp3) is 0.368. The minimum Gasteiger partial charge on any atom is -0.481 e. The van der Waals surface area contributed by atoms with Crippen molar-refractivity contribution >= 4 is 41.3 Å². The predicted octanol–water partition coefficient (Wildman–Crippen LogP) is 4.12. The van der Waals surface area contributed by atoms with Crippen LogP contribution in [0.2, 0.25) is 10.0 Å². The highest BCUT2D eigenvalue weighted by Crippen LogP contribution is 2.22. The van der Waals surface area contributed by atoms with E-state index in [0.29, 0.717) is 53.5 Å². The molecule has 0 spiro atoms. The van der Waals surface area contributed by atoms with Crippen molar-refractivity contribution in [3.8, 4) is 0 Å². The fourth-order valence-electron chi connectivity index (χ4n) is 2.67. The van der Waals surface area contributed by atoms with Crippen LogP contribution in [0.5, 0.6) is 0 Å². The minimum absolute atomic E-state index is 0.262. The third-order valence-corrected chi connectivity index (χ3v) is 5.10. The Bertz CT molecular complexity index is 915. The SMILES string of the molecule is CC(CCCCc1c(C=N)nc(NCc2ccc(Cl)c(Cl)c2)[nH]c1=O)C(=O)O. The molecule has 1 aromatic carbocycles. The lowest BCUT2D eigenvalue weighted by atomic mass is 10.0. The number of aliphatic carboxylic acids is 1. The maximum atomic E-state index is 12.4. The van der Waals surface area contributed by atoms with E-state index < -0.39 is 11.9 Å². The van der Waals surface area contributed by atoms with Gasteiger partial charge < -0.3 is 15.8 Å². The summed E-state index contributed by atoms with van der Waals surface area (Å²) < 4.78 is 0. The van der Waals surface area contributed by atoms with Crippen LogP contribution in [-0.2, 0) is 17.8 Å². The van der Waals surface area contributed by atoms with E-state index in [0.717, 1.165) is 11.8 Å². The summed E-state index contributed by atoms with van der Waals surface area (Å²) in [5.41, 5.74) is 1.28. The van der Waals surface area contributed by atoms with Crippen molar-refractivity contribution in [3.05, 3.63) is 55.4 Å². The van der Waals surface area contributed by atoms with Crippen LogP contribution in [0.3, 0.4) is 0 Å². The number of halogens is 2. The van der Waals surface area contributed by atoms with Gasteiger partial charge in [-0.3, -0.25) is 14.6 Å². The van der Waals surface area contributed by atoms with E-state index in [1.54, 1.807) is 19.1 Å². The molecule has 150 valence electrons. The Kier molecular flexibility index (Phi) is 8.02. The number of H-pyrrole nitrogens is 1. The summed E-state index contributed by atoms with van der Waals surface area (Å²) in [4.78, 5) is 30.2. The largest absolute Gasteiger partial charge is 0.481 e. The number of hydrogen-bond donors (Lipinski definition) is 4. The summed E-state index contributed by atoms with van der Waals surface area (Å²) >= 11 is 11.9. The molecule has 4 N–H and O–H groups in total. The second kappa shape index (κ2) is 10.2. The lowest BCUT2D eigenvalue weighted by Crippen LogP contribution is -2.20. The van der Waals surface area contributed by atoms with Crippen LogP contribution in [0, 0.1) is 11.3 Å². The van der Waals surface area contributed by atoms with Gasteiger partial charge in [0, 0.05) is 18.3 Å². The van der Waals surface area contributed by atoms with E-state index >= 15 is 0 Å². The third kappa shape index (κ3) is 6.07. The number of benzene rings is 1. The van der Waals surface area contributed by atoms with Crippen molar-refractivity contribution in [1.82, 2.24) is 9.97 Å². The van der Waals surface area contributed by atoms with Crippen molar-refractivity contribution in [1.29, 1.82) is 5.41 Å². The van der Waals surface area contributed by atoms with E-state index in [1.807, 2.05) is 6.07 Å². The number of nitrogens with zero attached hydrogens (tertiary/aromatic N) is 1. The molecule has 1 aromatic heterocycles. The van der Waals surface area contributed by atoms with Crippen molar-refractivity contribution in [2.45, 2.75) is 39.2 Å². The van der Waals surface area contributed by atoms with Gasteiger partial charge in [0.1, 0.15) is 0 Å². The summed E-state index contributed by atoms with van der Waals surface area (Å²) in [5, 5.41) is 20.4. The lowest BCUT2D eigenvalue weighted by Gasteiger charge is -2.10. The monoisotopic (exact) mass is 424 g/mol. The van der Waals surface area contributed by atoms with Crippen LogP contribution < -0.4 is 10.9 Å². The maximum absolute atomic E-state index is 12.4. The molecular formula is C19H22Cl2N4O3. The average Bonchev–Trinajstić information content (AvgIpc) is 2.66. The molecule has 1 unspecified atom stereocenters. The third-order valence-electron chi connectivity index (χ3n) is 4.36. The Balaban J connectivity index is 2.01. The van der Waals surface area contributed by atoms with Crippen LogP contribution >= 0.6 is 23.2 Å². The second-order valence-electron chi connectivity index (χ2n) is 6.51. The normalized spacial score (nSPS) is 11.8. The Morgan fingerprint density at radius 3 is 2.75 bits per heavy atom. The molecule has 0 aliphatic heterocycles. The Labute approximate surface area is 172 Å². The Morgan fingerprint density at radius 1 is 1.36 bits per heavy atom. The van der Waals surface area contributed by atoms with E-state index in [1.165, 1.54) is 0 Å². The highest BCUT2D eigenvalue weighted by atomic mass is 35.5. The second-order valence-corrected chi connectivity index (χ2v) is 7.32. The van der Waals surface area contributed by atoms with Crippen molar-refractivity contribution in [2.75, 3.05) is 5.32 Å². The lowest BCUT2D eigenvalue weighted by molar-refractivity contribution is -0.141. The highest BCUT2D eigenvalue weighted by Gasteiger charge is 2.13. The molecule has 2 rings (SSSR count). The number of carbonyl (C=O) groups is 1. The molecule has 7 nitrogen and oxygen atoms in total. The standard InChI is InChI=1S/C19H22Cl2N4O3/c1-11(18(27)28)4-2-3-5-13-16(9-22)24-19(25-17(13)26)23-10-12-6-7-14(20)15(21)8-12/h6-9,11,22H,2-5,10H2,1H3,(H,27,28)(H2,23,24,25,26). The number of aromatic nitrogens is 2. The first kappa shape index (κ1) is 21.9. The highest BCUT2D eigenvalue weighted by molar-refractivity contribution is 6.42. The summed E-state index contributed by atoms with van der Waals surface area (Å²) in [6, 6.07) is 5.22. The molecule has 1 heterocycles. The Hall–Kier alpha value is -2.38. The molecule has 0 aliphatic rings.